The van der Waals surface area contributed by atoms with Gasteiger partial charge in [-0.3, -0.25) is 0 Å². The van der Waals surface area contributed by atoms with Crippen LogP contribution >= 0.6 is 11.6 Å². The summed E-state index contributed by atoms with van der Waals surface area (Å²) >= 11 is 5.64. The number of alkyl halides is 1. The molecule has 5 heteroatoms. The third-order valence-electron chi connectivity index (χ3n) is 3.13. The molecule has 1 atom stereocenters. The molecule has 0 bridgehead atoms. The summed E-state index contributed by atoms with van der Waals surface area (Å²) in [6.07, 6.45) is 5.34. The zero-order valence-corrected chi connectivity index (χ0v) is 11.7. The summed E-state index contributed by atoms with van der Waals surface area (Å²) in [5.74, 6) is 0.523. The third kappa shape index (κ3) is 4.60. The first-order valence-corrected chi connectivity index (χ1v) is 8.13. The van der Waals surface area contributed by atoms with E-state index in [-0.39, 0.29) is 17.2 Å². The molecule has 0 aliphatic heterocycles. The van der Waals surface area contributed by atoms with Gasteiger partial charge in [0.2, 0.25) is 10.0 Å². The molecule has 0 saturated heterocycles. The van der Waals surface area contributed by atoms with Crippen LogP contribution in [0.2, 0.25) is 0 Å². The van der Waals surface area contributed by atoms with Gasteiger partial charge in [0.25, 0.3) is 0 Å². The van der Waals surface area contributed by atoms with Crippen molar-refractivity contribution in [2.45, 2.75) is 51.5 Å². The Balaban J connectivity index is 2.57. The van der Waals surface area contributed by atoms with Crippen molar-refractivity contribution in [2.75, 3.05) is 11.6 Å². The molecule has 1 aliphatic carbocycles. The van der Waals surface area contributed by atoms with Crippen molar-refractivity contribution in [3.8, 4) is 0 Å². The quantitative estimate of drug-likeness (QED) is 0.778. The monoisotopic (exact) mass is 267 g/mol. The Morgan fingerprint density at radius 3 is 2.38 bits per heavy atom. The molecule has 1 rings (SSSR count). The molecule has 1 saturated carbocycles. The van der Waals surface area contributed by atoms with Crippen LogP contribution in [0.3, 0.4) is 0 Å². The van der Waals surface area contributed by atoms with Gasteiger partial charge in [0.1, 0.15) is 0 Å². The lowest BCUT2D eigenvalue weighted by Gasteiger charge is -2.34. The average molecular weight is 268 g/mol. The van der Waals surface area contributed by atoms with E-state index in [1.165, 1.54) is 6.42 Å². The lowest BCUT2D eigenvalue weighted by Crippen LogP contribution is -2.48. The highest BCUT2D eigenvalue weighted by atomic mass is 35.5. The maximum absolute atomic E-state index is 11.9. The fraction of sp³-hybridized carbons (Fsp3) is 1.00. The van der Waals surface area contributed by atoms with Gasteiger partial charge in [-0.15, -0.1) is 11.6 Å². The van der Waals surface area contributed by atoms with E-state index in [9.17, 15) is 8.42 Å². The normalized spacial score (nSPS) is 22.9. The standard InChI is InChI=1S/C11H22ClNO2S/c1-10(8-12)9-16(14,15)13-11(2)6-4-3-5-7-11/h10,13H,3-9H2,1-2H3. The molecular formula is C11H22ClNO2S. The van der Waals surface area contributed by atoms with Crippen LogP contribution in [-0.4, -0.2) is 25.6 Å². The largest absolute Gasteiger partial charge is 0.212 e. The molecule has 0 aromatic rings. The first-order chi connectivity index (χ1) is 7.37. The Labute approximate surface area is 104 Å². The molecule has 0 radical (unpaired) electrons. The molecule has 1 unspecified atom stereocenters. The molecule has 0 spiro atoms. The molecule has 0 amide bonds. The lowest BCUT2D eigenvalue weighted by atomic mass is 9.84. The minimum atomic E-state index is -3.19. The van der Waals surface area contributed by atoms with Crippen LogP contribution in [0.5, 0.6) is 0 Å². The molecular weight excluding hydrogens is 246 g/mol. The van der Waals surface area contributed by atoms with E-state index in [1.807, 2.05) is 13.8 Å². The molecule has 0 aromatic carbocycles. The fourth-order valence-electron chi connectivity index (χ4n) is 2.27. The highest BCUT2D eigenvalue weighted by Gasteiger charge is 2.31. The van der Waals surface area contributed by atoms with Gasteiger partial charge in [0, 0.05) is 11.4 Å². The van der Waals surface area contributed by atoms with Gasteiger partial charge in [-0.2, -0.15) is 0 Å². The lowest BCUT2D eigenvalue weighted by molar-refractivity contribution is 0.293. The SMILES string of the molecule is CC(CCl)CS(=O)(=O)NC1(C)CCCCC1. The predicted octanol–water partition coefficient (Wildman–Crippen LogP) is 2.50. The molecule has 0 heterocycles. The summed E-state index contributed by atoms with van der Waals surface area (Å²) in [5.41, 5.74) is -0.233. The molecule has 96 valence electrons. The van der Waals surface area contributed by atoms with E-state index in [1.54, 1.807) is 0 Å². The predicted molar refractivity (Wildman–Crippen MR) is 68.3 cm³/mol. The van der Waals surface area contributed by atoms with Crippen molar-refractivity contribution in [1.82, 2.24) is 4.72 Å². The molecule has 3 nitrogen and oxygen atoms in total. The van der Waals surface area contributed by atoms with E-state index in [4.69, 9.17) is 11.6 Å². The molecule has 0 aromatic heterocycles. The van der Waals surface area contributed by atoms with Crippen LogP contribution in [0.15, 0.2) is 0 Å². The van der Waals surface area contributed by atoms with Crippen LogP contribution in [-0.2, 0) is 10.0 Å². The van der Waals surface area contributed by atoms with Crippen LogP contribution in [0.1, 0.15) is 46.0 Å². The third-order valence-corrected chi connectivity index (χ3v) is 5.46. The van der Waals surface area contributed by atoms with Crippen molar-refractivity contribution >= 4 is 21.6 Å². The Hall–Kier alpha value is 0.200. The highest BCUT2D eigenvalue weighted by molar-refractivity contribution is 7.89. The number of halogens is 1. The van der Waals surface area contributed by atoms with E-state index >= 15 is 0 Å². The zero-order valence-electron chi connectivity index (χ0n) is 10.1. The van der Waals surface area contributed by atoms with Gasteiger partial charge in [-0.1, -0.05) is 26.2 Å². The van der Waals surface area contributed by atoms with Crippen LogP contribution in [0.4, 0.5) is 0 Å². The van der Waals surface area contributed by atoms with E-state index in [2.05, 4.69) is 4.72 Å². The minimum Gasteiger partial charge on any atom is -0.212 e. The van der Waals surface area contributed by atoms with Crippen molar-refractivity contribution in [2.24, 2.45) is 5.92 Å². The number of hydrogen-bond donors (Lipinski definition) is 1. The summed E-state index contributed by atoms with van der Waals surface area (Å²) < 4.78 is 26.7. The summed E-state index contributed by atoms with van der Waals surface area (Å²) in [4.78, 5) is 0. The van der Waals surface area contributed by atoms with Gasteiger partial charge in [0.05, 0.1) is 5.75 Å². The zero-order chi connectivity index (χ0) is 12.2. The van der Waals surface area contributed by atoms with Gasteiger partial charge in [-0.05, 0) is 25.7 Å². The van der Waals surface area contributed by atoms with E-state index in [0.29, 0.717) is 5.88 Å². The molecule has 1 fully saturated rings. The number of nitrogens with one attached hydrogen (secondary N) is 1. The first-order valence-electron chi connectivity index (χ1n) is 5.94. The second kappa shape index (κ2) is 5.69. The molecule has 1 N–H and O–H groups in total. The fourth-order valence-corrected chi connectivity index (χ4v) is 4.41. The summed E-state index contributed by atoms with van der Waals surface area (Å²) in [6.45, 7) is 3.87. The second-order valence-corrected chi connectivity index (χ2v) is 7.34. The van der Waals surface area contributed by atoms with Crippen molar-refractivity contribution in [1.29, 1.82) is 0 Å². The van der Waals surface area contributed by atoms with Crippen molar-refractivity contribution in [3.63, 3.8) is 0 Å². The van der Waals surface area contributed by atoms with E-state index in [0.717, 1.165) is 25.7 Å². The smallest absolute Gasteiger partial charge is 0.212 e. The Bertz CT molecular complexity index is 310. The van der Waals surface area contributed by atoms with Crippen LogP contribution in [0, 0.1) is 5.92 Å². The number of rotatable bonds is 5. The van der Waals surface area contributed by atoms with Gasteiger partial charge in [0.15, 0.2) is 0 Å². The average Bonchev–Trinajstić information content (AvgIpc) is 2.16. The maximum atomic E-state index is 11.9. The molecule has 16 heavy (non-hydrogen) atoms. The highest BCUT2D eigenvalue weighted by Crippen LogP contribution is 2.28. The van der Waals surface area contributed by atoms with Crippen LogP contribution < -0.4 is 4.72 Å². The van der Waals surface area contributed by atoms with Gasteiger partial charge >= 0.3 is 0 Å². The van der Waals surface area contributed by atoms with Gasteiger partial charge < -0.3 is 0 Å². The van der Waals surface area contributed by atoms with Crippen LogP contribution in [0.25, 0.3) is 0 Å². The second-order valence-electron chi connectivity index (χ2n) is 5.26. The minimum absolute atomic E-state index is 0.00589. The van der Waals surface area contributed by atoms with Crippen molar-refractivity contribution < 1.29 is 8.42 Å². The van der Waals surface area contributed by atoms with Crippen molar-refractivity contribution in [3.05, 3.63) is 0 Å². The summed E-state index contributed by atoms with van der Waals surface area (Å²) in [7, 11) is -3.19. The Kier molecular flexibility index (Phi) is 5.08. The number of hydrogen-bond acceptors (Lipinski definition) is 2. The maximum Gasteiger partial charge on any atom is 0.212 e. The molecule has 1 aliphatic rings. The van der Waals surface area contributed by atoms with E-state index < -0.39 is 10.0 Å². The Morgan fingerprint density at radius 2 is 1.88 bits per heavy atom. The first kappa shape index (κ1) is 14.3. The number of sulfonamides is 1. The Morgan fingerprint density at radius 1 is 1.31 bits per heavy atom. The topological polar surface area (TPSA) is 46.2 Å². The summed E-state index contributed by atoms with van der Waals surface area (Å²) in [6, 6.07) is 0. The summed E-state index contributed by atoms with van der Waals surface area (Å²) in [5, 5.41) is 0. The van der Waals surface area contributed by atoms with Gasteiger partial charge in [-0.25, -0.2) is 13.1 Å².